The fraction of sp³-hybridized carbons (Fsp3) is 0.278. The summed E-state index contributed by atoms with van der Waals surface area (Å²) < 4.78 is 20.8. The Morgan fingerprint density at radius 3 is 2.74 bits per heavy atom. The molecule has 3 rings (SSSR count). The standard InChI is InChI=1S/C18H17ClFN3O3S/c1-9(2)23-14(6-7-21-23)22-17(24)10(3)26-18(25)16-15(19)12-5-4-11(20)8-13(12)27-16/h4-10H,1-3H3,(H,22,24)/t10-/m0/s1. The molecule has 0 aliphatic carbocycles. The van der Waals surface area contributed by atoms with Crippen LogP contribution in [0.25, 0.3) is 10.1 Å². The van der Waals surface area contributed by atoms with Gasteiger partial charge in [-0.1, -0.05) is 11.6 Å². The Balaban J connectivity index is 1.73. The fourth-order valence-corrected chi connectivity index (χ4v) is 3.91. The average Bonchev–Trinajstić information content (AvgIpc) is 3.19. The van der Waals surface area contributed by atoms with E-state index in [0.717, 1.165) is 11.3 Å². The van der Waals surface area contributed by atoms with Crippen LogP contribution in [0.4, 0.5) is 10.2 Å². The highest BCUT2D eigenvalue weighted by atomic mass is 35.5. The molecule has 1 atom stereocenters. The first-order valence-corrected chi connectivity index (χ1v) is 9.40. The van der Waals surface area contributed by atoms with Crippen LogP contribution in [-0.2, 0) is 9.53 Å². The Kier molecular flexibility index (Phi) is 5.48. The zero-order chi connectivity index (χ0) is 19.7. The van der Waals surface area contributed by atoms with Crippen molar-refractivity contribution in [1.82, 2.24) is 9.78 Å². The van der Waals surface area contributed by atoms with Crippen LogP contribution in [0.3, 0.4) is 0 Å². The van der Waals surface area contributed by atoms with Crippen LogP contribution in [-0.4, -0.2) is 27.8 Å². The summed E-state index contributed by atoms with van der Waals surface area (Å²) in [5, 5.41) is 7.56. The zero-order valence-corrected chi connectivity index (χ0v) is 16.4. The van der Waals surface area contributed by atoms with Gasteiger partial charge in [-0.15, -0.1) is 11.3 Å². The molecule has 27 heavy (non-hydrogen) atoms. The quantitative estimate of drug-likeness (QED) is 0.622. The molecule has 0 unspecified atom stereocenters. The molecule has 1 aromatic carbocycles. The van der Waals surface area contributed by atoms with Crippen LogP contribution in [0.15, 0.2) is 30.5 Å². The van der Waals surface area contributed by atoms with E-state index in [9.17, 15) is 14.0 Å². The minimum atomic E-state index is -1.05. The number of carbonyl (C=O) groups is 2. The highest BCUT2D eigenvalue weighted by Gasteiger charge is 2.24. The van der Waals surface area contributed by atoms with Gasteiger partial charge in [-0.3, -0.25) is 4.79 Å². The average molecular weight is 410 g/mol. The normalized spacial score (nSPS) is 12.4. The van der Waals surface area contributed by atoms with Gasteiger partial charge in [0.05, 0.1) is 11.2 Å². The van der Waals surface area contributed by atoms with Crippen molar-refractivity contribution < 1.29 is 18.7 Å². The maximum Gasteiger partial charge on any atom is 0.350 e. The molecule has 0 aliphatic heterocycles. The maximum atomic E-state index is 13.4. The van der Waals surface area contributed by atoms with E-state index in [1.165, 1.54) is 25.1 Å². The molecule has 0 radical (unpaired) electrons. The van der Waals surface area contributed by atoms with Crippen molar-refractivity contribution in [1.29, 1.82) is 0 Å². The summed E-state index contributed by atoms with van der Waals surface area (Å²) in [6.07, 6.45) is 0.522. The second-order valence-corrected chi connectivity index (χ2v) is 7.61. The van der Waals surface area contributed by atoms with Gasteiger partial charge in [-0.05, 0) is 39.0 Å². The van der Waals surface area contributed by atoms with Crippen molar-refractivity contribution in [2.24, 2.45) is 0 Å². The molecule has 2 aromatic heterocycles. The van der Waals surface area contributed by atoms with Gasteiger partial charge in [0.2, 0.25) is 0 Å². The molecular formula is C18H17ClFN3O3S. The number of halogens is 2. The predicted octanol–water partition coefficient (Wildman–Crippen LogP) is 4.66. The summed E-state index contributed by atoms with van der Waals surface area (Å²) in [6, 6.07) is 5.79. The van der Waals surface area contributed by atoms with Gasteiger partial charge in [0.15, 0.2) is 6.10 Å². The van der Waals surface area contributed by atoms with Gasteiger partial charge < -0.3 is 10.1 Å². The molecule has 0 bridgehead atoms. The molecule has 0 saturated heterocycles. The second-order valence-electron chi connectivity index (χ2n) is 6.18. The summed E-state index contributed by atoms with van der Waals surface area (Å²) in [7, 11) is 0. The molecule has 0 spiro atoms. The monoisotopic (exact) mass is 409 g/mol. The maximum absolute atomic E-state index is 13.4. The largest absolute Gasteiger partial charge is 0.448 e. The van der Waals surface area contributed by atoms with Gasteiger partial charge in [0, 0.05) is 22.2 Å². The Morgan fingerprint density at radius 2 is 2.04 bits per heavy atom. The molecule has 6 nitrogen and oxygen atoms in total. The van der Waals surface area contributed by atoms with Crippen LogP contribution >= 0.6 is 22.9 Å². The van der Waals surface area contributed by atoms with E-state index in [-0.39, 0.29) is 15.9 Å². The van der Waals surface area contributed by atoms with Crippen LogP contribution in [0.1, 0.15) is 36.5 Å². The molecule has 0 fully saturated rings. The topological polar surface area (TPSA) is 73.2 Å². The molecule has 1 amide bonds. The number of benzene rings is 1. The number of anilines is 1. The van der Waals surface area contributed by atoms with E-state index in [0.29, 0.717) is 15.9 Å². The third kappa shape index (κ3) is 3.96. The van der Waals surface area contributed by atoms with Crippen LogP contribution in [0.5, 0.6) is 0 Å². The van der Waals surface area contributed by atoms with Gasteiger partial charge in [0.1, 0.15) is 16.5 Å². The number of aromatic nitrogens is 2. The highest BCUT2D eigenvalue weighted by Crippen LogP contribution is 2.36. The summed E-state index contributed by atoms with van der Waals surface area (Å²) in [5.41, 5.74) is 0. The first-order chi connectivity index (χ1) is 12.8. The summed E-state index contributed by atoms with van der Waals surface area (Å²) >= 11 is 7.23. The lowest BCUT2D eigenvalue weighted by Gasteiger charge is -2.15. The first kappa shape index (κ1) is 19.3. The lowest BCUT2D eigenvalue weighted by molar-refractivity contribution is -0.123. The predicted molar refractivity (Wildman–Crippen MR) is 103 cm³/mol. The number of hydrogen-bond donors (Lipinski definition) is 1. The molecule has 1 N–H and O–H groups in total. The molecule has 2 heterocycles. The molecule has 0 aliphatic rings. The SMILES string of the molecule is CC(C)n1nccc1NC(=O)[C@H](C)OC(=O)c1sc2cc(F)ccc2c1Cl. The number of thiophene rings is 1. The van der Waals surface area contributed by atoms with E-state index in [1.807, 2.05) is 13.8 Å². The smallest absolute Gasteiger partial charge is 0.350 e. The van der Waals surface area contributed by atoms with Gasteiger partial charge >= 0.3 is 5.97 Å². The minimum absolute atomic E-state index is 0.0610. The molecule has 9 heteroatoms. The van der Waals surface area contributed by atoms with Crippen molar-refractivity contribution in [2.75, 3.05) is 5.32 Å². The minimum Gasteiger partial charge on any atom is -0.448 e. The fourth-order valence-electron chi connectivity index (χ4n) is 2.49. The molecule has 142 valence electrons. The van der Waals surface area contributed by atoms with Crippen molar-refractivity contribution in [3.63, 3.8) is 0 Å². The number of fused-ring (bicyclic) bond motifs is 1. The van der Waals surface area contributed by atoms with E-state index in [1.54, 1.807) is 16.9 Å². The number of rotatable bonds is 5. The molecule has 3 aromatic rings. The number of ether oxygens (including phenoxy) is 1. The summed E-state index contributed by atoms with van der Waals surface area (Å²) in [6.45, 7) is 5.32. The van der Waals surface area contributed by atoms with Crippen molar-refractivity contribution in [3.05, 3.63) is 46.2 Å². The lowest BCUT2D eigenvalue weighted by Crippen LogP contribution is -2.30. The van der Waals surface area contributed by atoms with Crippen molar-refractivity contribution in [2.45, 2.75) is 32.9 Å². The van der Waals surface area contributed by atoms with E-state index in [4.69, 9.17) is 16.3 Å². The molecular weight excluding hydrogens is 393 g/mol. The first-order valence-electron chi connectivity index (χ1n) is 8.21. The number of nitrogens with zero attached hydrogens (tertiary/aromatic N) is 2. The third-order valence-corrected chi connectivity index (χ3v) is 5.48. The number of carbonyl (C=O) groups excluding carboxylic acids is 2. The third-order valence-electron chi connectivity index (χ3n) is 3.84. The lowest BCUT2D eigenvalue weighted by atomic mass is 10.2. The van der Waals surface area contributed by atoms with Crippen LogP contribution in [0, 0.1) is 5.82 Å². The number of amides is 1. The number of esters is 1. The van der Waals surface area contributed by atoms with Gasteiger partial charge in [0.25, 0.3) is 5.91 Å². The second kappa shape index (κ2) is 7.66. The summed E-state index contributed by atoms with van der Waals surface area (Å²) in [4.78, 5) is 24.9. The Labute approximate surface area is 163 Å². The van der Waals surface area contributed by atoms with Crippen LogP contribution in [0.2, 0.25) is 5.02 Å². The molecule has 0 saturated carbocycles. The van der Waals surface area contributed by atoms with Crippen molar-refractivity contribution >= 4 is 50.7 Å². The van der Waals surface area contributed by atoms with E-state index >= 15 is 0 Å². The highest BCUT2D eigenvalue weighted by molar-refractivity contribution is 7.21. The Bertz CT molecular complexity index is 1010. The van der Waals surface area contributed by atoms with Crippen LogP contribution < -0.4 is 5.32 Å². The van der Waals surface area contributed by atoms with Gasteiger partial charge in [-0.2, -0.15) is 5.10 Å². The van der Waals surface area contributed by atoms with E-state index < -0.39 is 23.8 Å². The Morgan fingerprint density at radius 1 is 1.30 bits per heavy atom. The number of nitrogens with one attached hydrogen (secondary N) is 1. The summed E-state index contributed by atoms with van der Waals surface area (Å²) in [5.74, 6) is -1.14. The van der Waals surface area contributed by atoms with Gasteiger partial charge in [-0.25, -0.2) is 13.9 Å². The number of hydrogen-bond acceptors (Lipinski definition) is 5. The van der Waals surface area contributed by atoms with E-state index in [2.05, 4.69) is 10.4 Å². The van der Waals surface area contributed by atoms with Crippen molar-refractivity contribution in [3.8, 4) is 0 Å². The Hall–Kier alpha value is -2.45. The zero-order valence-electron chi connectivity index (χ0n) is 14.8.